The molecule has 3 aromatic heterocycles. The Hall–Kier alpha value is -6.98. The van der Waals surface area contributed by atoms with Crippen molar-refractivity contribution in [2.75, 3.05) is 4.81 Å². The molecule has 14 rings (SSSR count). The van der Waals surface area contributed by atoms with Crippen molar-refractivity contribution in [3.8, 4) is 27.9 Å². The van der Waals surface area contributed by atoms with Crippen molar-refractivity contribution in [2.45, 2.75) is 52.4 Å². The lowest BCUT2D eigenvalue weighted by Gasteiger charge is -2.42. The number of furan rings is 2. The van der Waals surface area contributed by atoms with Gasteiger partial charge in [-0.1, -0.05) is 120 Å². The molecule has 2 aliphatic heterocycles. The van der Waals surface area contributed by atoms with E-state index in [2.05, 4.69) is 190 Å². The second-order valence-corrected chi connectivity index (χ2v) is 19.3. The maximum atomic E-state index is 6.65. The van der Waals surface area contributed by atoms with Gasteiger partial charge in [0.25, 0.3) is 0 Å². The van der Waals surface area contributed by atoms with Crippen molar-refractivity contribution in [1.29, 1.82) is 0 Å². The summed E-state index contributed by atoms with van der Waals surface area (Å²) in [6.07, 6.45) is 0. The molecule has 0 amide bonds. The molecule has 0 radical (unpaired) electrons. The Morgan fingerprint density at radius 3 is 1.95 bits per heavy atom. The van der Waals surface area contributed by atoms with Crippen LogP contribution in [0, 0.1) is 6.92 Å². The third-order valence-electron chi connectivity index (χ3n) is 14.6. The molecule has 0 unspecified atom stereocenters. The van der Waals surface area contributed by atoms with Crippen LogP contribution in [0.1, 0.15) is 56.9 Å². The number of hydrogen-bond donors (Lipinski definition) is 0. The molecule has 61 heavy (non-hydrogen) atoms. The largest absolute Gasteiger partial charge is 0.456 e. The molecule has 0 bridgehead atoms. The number of benzene rings is 8. The fourth-order valence-corrected chi connectivity index (χ4v) is 11.7. The molecule has 5 heteroatoms. The maximum absolute atomic E-state index is 6.65. The normalized spacial score (nSPS) is 14.8. The Morgan fingerprint density at radius 1 is 0.541 bits per heavy atom. The summed E-state index contributed by atoms with van der Waals surface area (Å²) in [5, 5.41) is 7.13. The average Bonchev–Trinajstić information content (AvgIpc) is 3.98. The molecule has 11 aromatic rings. The Morgan fingerprint density at radius 2 is 1.21 bits per heavy atom. The Kier molecular flexibility index (Phi) is 6.12. The summed E-state index contributed by atoms with van der Waals surface area (Å²) in [6.45, 7) is 13.9. The molecular formula is C56H41BN2O2. The zero-order valence-electron chi connectivity index (χ0n) is 35.1. The van der Waals surface area contributed by atoms with Crippen molar-refractivity contribution in [3.05, 3.63) is 162 Å². The van der Waals surface area contributed by atoms with Gasteiger partial charge in [-0.2, -0.15) is 0 Å². The SMILES string of the molecule is Cc1cc2c3c4c1c1cc5c(cc1n4-c1cc4c(cc1B3N(c1ccc(C(C)(C)C)cc1)c1cc3c(cc1-2)oc1ccccc13)-c1ccccc1C4(C)C)oc1ccccc15. The van der Waals surface area contributed by atoms with Gasteiger partial charge in [0.2, 0.25) is 0 Å². The second-order valence-electron chi connectivity index (χ2n) is 19.3. The molecule has 0 fully saturated rings. The van der Waals surface area contributed by atoms with Crippen LogP contribution in [0.2, 0.25) is 0 Å². The van der Waals surface area contributed by atoms with Gasteiger partial charge >= 0.3 is 6.85 Å². The fraction of sp³-hybridized carbons (Fsp3) is 0.143. The molecule has 4 nitrogen and oxygen atoms in total. The zero-order chi connectivity index (χ0) is 40.8. The number of para-hydroxylation sites is 2. The van der Waals surface area contributed by atoms with Gasteiger partial charge < -0.3 is 18.2 Å². The third-order valence-corrected chi connectivity index (χ3v) is 14.6. The number of anilines is 2. The van der Waals surface area contributed by atoms with E-state index < -0.39 is 0 Å². The van der Waals surface area contributed by atoms with Crippen molar-refractivity contribution >= 4 is 94.8 Å². The average molecular weight is 785 g/mol. The highest BCUT2D eigenvalue weighted by molar-refractivity contribution is 6.93. The van der Waals surface area contributed by atoms with Gasteiger partial charge in [-0.05, 0) is 111 Å². The smallest absolute Gasteiger partial charge is 0.333 e. The highest BCUT2D eigenvalue weighted by Gasteiger charge is 2.47. The number of rotatable bonds is 1. The Balaban J connectivity index is 1.18. The van der Waals surface area contributed by atoms with Gasteiger partial charge in [0.05, 0.1) is 11.0 Å². The molecule has 0 spiro atoms. The molecule has 0 saturated heterocycles. The van der Waals surface area contributed by atoms with Crippen LogP contribution in [0.25, 0.3) is 93.6 Å². The van der Waals surface area contributed by atoms with E-state index >= 15 is 0 Å². The van der Waals surface area contributed by atoms with Crippen LogP contribution in [0.3, 0.4) is 0 Å². The first kappa shape index (κ1) is 33.8. The van der Waals surface area contributed by atoms with Gasteiger partial charge in [0, 0.05) is 66.4 Å². The van der Waals surface area contributed by atoms with Crippen LogP contribution < -0.4 is 15.7 Å². The van der Waals surface area contributed by atoms with Crippen LogP contribution in [-0.4, -0.2) is 11.4 Å². The summed E-state index contributed by atoms with van der Waals surface area (Å²) in [7, 11) is 0. The van der Waals surface area contributed by atoms with Gasteiger partial charge in [-0.15, -0.1) is 0 Å². The van der Waals surface area contributed by atoms with Crippen LogP contribution >= 0.6 is 0 Å². The summed E-state index contributed by atoms with van der Waals surface area (Å²) in [5.74, 6) is 0. The lowest BCUT2D eigenvalue weighted by molar-refractivity contribution is 0.590. The molecule has 0 N–H and O–H groups in total. The predicted molar refractivity (Wildman–Crippen MR) is 255 cm³/mol. The molecule has 290 valence electrons. The first-order chi connectivity index (χ1) is 29.5. The number of aryl methyl sites for hydroxylation is 1. The minimum Gasteiger partial charge on any atom is -0.456 e. The summed E-state index contributed by atoms with van der Waals surface area (Å²) < 4.78 is 15.9. The van der Waals surface area contributed by atoms with Crippen LogP contribution in [0.4, 0.5) is 11.4 Å². The number of hydrogen-bond acceptors (Lipinski definition) is 3. The Bertz CT molecular complexity index is 3800. The quantitative estimate of drug-likeness (QED) is 0.156. The van der Waals surface area contributed by atoms with Crippen LogP contribution in [0.15, 0.2) is 148 Å². The van der Waals surface area contributed by atoms with E-state index in [0.717, 1.165) is 43.9 Å². The van der Waals surface area contributed by atoms with Gasteiger partial charge in [-0.25, -0.2) is 0 Å². The van der Waals surface area contributed by atoms with Gasteiger partial charge in [-0.3, -0.25) is 0 Å². The Labute approximate surface area is 353 Å². The number of nitrogens with zero attached hydrogens (tertiary/aromatic N) is 2. The van der Waals surface area contributed by atoms with E-state index in [4.69, 9.17) is 8.83 Å². The highest BCUT2D eigenvalue weighted by Crippen LogP contribution is 2.53. The standard InChI is InChI=1S/C56H41BN2O2/c1-30-23-40-37-27-50-39(35-15-9-12-18-49(35)60-50)26-46(37)59(32-21-19-31(20-22-32)55(2,3)4)57-44-25-36-33-13-7-10-16-42(33)56(5,6)43(36)28-47(44)58-45-29-51-38(34-14-8-11-17-48(34)61-51)24-41(45)52(30)54(58)53(40)57/h7-29H,1-6H3. The summed E-state index contributed by atoms with van der Waals surface area (Å²) in [4.78, 5) is 2.65. The summed E-state index contributed by atoms with van der Waals surface area (Å²) >= 11 is 0. The van der Waals surface area contributed by atoms with Crippen molar-refractivity contribution < 1.29 is 8.83 Å². The van der Waals surface area contributed by atoms with Crippen molar-refractivity contribution in [1.82, 2.24) is 4.57 Å². The molecule has 0 atom stereocenters. The van der Waals surface area contributed by atoms with Crippen LogP contribution in [-0.2, 0) is 10.8 Å². The molecule has 5 heterocycles. The monoisotopic (exact) mass is 784 g/mol. The van der Waals surface area contributed by atoms with E-state index in [-0.39, 0.29) is 17.7 Å². The molecular weight excluding hydrogens is 743 g/mol. The molecule has 8 aromatic carbocycles. The molecule has 0 saturated carbocycles. The first-order valence-corrected chi connectivity index (χ1v) is 21.6. The van der Waals surface area contributed by atoms with Crippen molar-refractivity contribution in [3.63, 3.8) is 0 Å². The van der Waals surface area contributed by atoms with Crippen molar-refractivity contribution in [2.24, 2.45) is 0 Å². The third kappa shape index (κ3) is 4.17. The first-order valence-electron chi connectivity index (χ1n) is 21.6. The molecule has 3 aliphatic rings. The van der Waals surface area contributed by atoms with E-state index in [0.29, 0.717) is 0 Å². The summed E-state index contributed by atoms with van der Waals surface area (Å²) in [5.41, 5.74) is 22.6. The predicted octanol–water partition coefficient (Wildman–Crippen LogP) is 13.7. The summed E-state index contributed by atoms with van der Waals surface area (Å²) in [6, 6.07) is 52.3. The molecule has 1 aliphatic carbocycles. The van der Waals surface area contributed by atoms with E-state index in [1.54, 1.807) is 0 Å². The highest BCUT2D eigenvalue weighted by atomic mass is 16.3. The number of fused-ring (bicyclic) bond motifs is 17. The zero-order valence-corrected chi connectivity index (χ0v) is 35.1. The van der Waals surface area contributed by atoms with Gasteiger partial charge in [0.15, 0.2) is 0 Å². The van der Waals surface area contributed by atoms with E-state index in [1.807, 2.05) is 0 Å². The minimum atomic E-state index is -0.164. The lowest BCUT2D eigenvalue weighted by atomic mass is 9.43. The second kappa shape index (κ2) is 11.0. The fourth-order valence-electron chi connectivity index (χ4n) is 11.7. The minimum absolute atomic E-state index is 0.0279. The van der Waals surface area contributed by atoms with E-state index in [9.17, 15) is 0 Å². The maximum Gasteiger partial charge on any atom is 0.333 e. The number of aromatic nitrogens is 1. The van der Waals surface area contributed by atoms with E-state index in [1.165, 1.54) is 94.3 Å². The lowest BCUT2D eigenvalue weighted by Crippen LogP contribution is -2.60. The topological polar surface area (TPSA) is 34.5 Å². The van der Waals surface area contributed by atoms with Gasteiger partial charge in [0.1, 0.15) is 22.3 Å². The van der Waals surface area contributed by atoms with Crippen LogP contribution in [0.5, 0.6) is 0 Å².